The first-order valence-corrected chi connectivity index (χ1v) is 10.9. The molecule has 4 rings (SSSR count). The van der Waals surface area contributed by atoms with E-state index in [-0.39, 0.29) is 5.70 Å². The van der Waals surface area contributed by atoms with Crippen LogP contribution in [-0.2, 0) is 11.4 Å². The van der Waals surface area contributed by atoms with Crippen LogP contribution in [0.15, 0.2) is 83.0 Å². The molecule has 0 saturated carbocycles. The number of carbonyl (C=O) groups is 2. The largest absolute Gasteiger partial charge is 0.490 e. The van der Waals surface area contributed by atoms with Crippen molar-refractivity contribution in [2.24, 2.45) is 0 Å². The van der Waals surface area contributed by atoms with Crippen molar-refractivity contribution in [3.63, 3.8) is 0 Å². The van der Waals surface area contributed by atoms with Crippen LogP contribution >= 0.6 is 15.9 Å². The van der Waals surface area contributed by atoms with E-state index in [1.165, 1.54) is 0 Å². The second kappa shape index (κ2) is 9.70. The second-order valence-electron chi connectivity index (χ2n) is 7.02. The van der Waals surface area contributed by atoms with Crippen molar-refractivity contribution in [3.05, 3.63) is 94.1 Å². The highest BCUT2D eigenvalue weighted by atomic mass is 79.9. The normalized spacial score (nSPS) is 14.6. The number of rotatable bonds is 7. The number of hydrogen-bond acceptors (Lipinski definition) is 4. The standard InChI is InChI=1S/C25H21BrN2O4/c1-2-31-23-15-18(10-13-22(23)32-16-17-8-11-19(26)12-9-17)14-21-24(29)28(25(30)27-21)20-6-4-3-5-7-20/h3-15H,2,16H2,1H3,(H,27,30). The molecule has 0 aromatic heterocycles. The number of imide groups is 1. The van der Waals surface area contributed by atoms with Gasteiger partial charge in [-0.1, -0.05) is 52.3 Å². The van der Waals surface area contributed by atoms with Crippen molar-refractivity contribution >= 4 is 39.6 Å². The molecule has 1 N–H and O–H groups in total. The van der Waals surface area contributed by atoms with Gasteiger partial charge in [0.05, 0.1) is 12.3 Å². The lowest BCUT2D eigenvalue weighted by Gasteiger charge is -2.13. The van der Waals surface area contributed by atoms with E-state index in [1.807, 2.05) is 43.3 Å². The summed E-state index contributed by atoms with van der Waals surface area (Å²) in [5, 5.41) is 2.64. The fraction of sp³-hybridized carbons (Fsp3) is 0.120. The van der Waals surface area contributed by atoms with Gasteiger partial charge < -0.3 is 14.8 Å². The molecule has 1 aliphatic heterocycles. The monoisotopic (exact) mass is 492 g/mol. The number of halogens is 1. The zero-order valence-corrected chi connectivity index (χ0v) is 19.0. The molecule has 0 aliphatic carbocycles. The topological polar surface area (TPSA) is 67.9 Å². The van der Waals surface area contributed by atoms with Crippen LogP contribution in [0.2, 0.25) is 0 Å². The Hall–Kier alpha value is -3.58. The third kappa shape index (κ3) is 4.84. The minimum Gasteiger partial charge on any atom is -0.490 e. The smallest absolute Gasteiger partial charge is 0.333 e. The van der Waals surface area contributed by atoms with Gasteiger partial charge in [0.15, 0.2) is 11.5 Å². The van der Waals surface area contributed by atoms with Crippen molar-refractivity contribution in [2.45, 2.75) is 13.5 Å². The van der Waals surface area contributed by atoms with Crippen LogP contribution in [0.1, 0.15) is 18.1 Å². The number of amides is 3. The Bertz CT molecular complexity index is 1160. The molecule has 0 unspecified atom stereocenters. The molecule has 0 bridgehead atoms. The van der Waals surface area contributed by atoms with Crippen LogP contribution in [0, 0.1) is 0 Å². The summed E-state index contributed by atoms with van der Waals surface area (Å²) >= 11 is 3.42. The lowest BCUT2D eigenvalue weighted by molar-refractivity contribution is -0.113. The molecule has 1 fully saturated rings. The molecule has 0 atom stereocenters. The maximum absolute atomic E-state index is 12.8. The van der Waals surface area contributed by atoms with Gasteiger partial charge in [-0.05, 0) is 60.5 Å². The van der Waals surface area contributed by atoms with Gasteiger partial charge in [0.2, 0.25) is 0 Å². The van der Waals surface area contributed by atoms with Gasteiger partial charge in [-0.25, -0.2) is 9.69 Å². The first-order valence-electron chi connectivity index (χ1n) is 10.1. The van der Waals surface area contributed by atoms with Crippen LogP contribution in [0.5, 0.6) is 11.5 Å². The molecule has 1 saturated heterocycles. The van der Waals surface area contributed by atoms with Gasteiger partial charge in [-0.2, -0.15) is 0 Å². The van der Waals surface area contributed by atoms with Crippen molar-refractivity contribution < 1.29 is 19.1 Å². The number of hydrogen-bond donors (Lipinski definition) is 1. The van der Waals surface area contributed by atoms with Crippen molar-refractivity contribution in [2.75, 3.05) is 11.5 Å². The summed E-state index contributed by atoms with van der Waals surface area (Å²) in [6.07, 6.45) is 1.63. The lowest BCUT2D eigenvalue weighted by atomic mass is 10.1. The highest BCUT2D eigenvalue weighted by molar-refractivity contribution is 9.10. The summed E-state index contributed by atoms with van der Waals surface area (Å²) in [7, 11) is 0. The predicted molar refractivity (Wildman–Crippen MR) is 127 cm³/mol. The highest BCUT2D eigenvalue weighted by Gasteiger charge is 2.34. The maximum atomic E-state index is 12.8. The van der Waals surface area contributed by atoms with E-state index in [4.69, 9.17) is 9.47 Å². The number of ether oxygens (including phenoxy) is 2. The Morgan fingerprint density at radius 2 is 1.69 bits per heavy atom. The fourth-order valence-corrected chi connectivity index (χ4v) is 3.52. The van der Waals surface area contributed by atoms with Crippen molar-refractivity contribution in [1.82, 2.24) is 5.32 Å². The molecule has 0 spiro atoms. The summed E-state index contributed by atoms with van der Waals surface area (Å²) in [6.45, 7) is 2.75. The van der Waals surface area contributed by atoms with E-state index < -0.39 is 11.9 Å². The number of carbonyl (C=O) groups excluding carboxylic acids is 2. The van der Waals surface area contributed by atoms with E-state index in [0.29, 0.717) is 36.0 Å². The average Bonchev–Trinajstić information content (AvgIpc) is 3.08. The lowest BCUT2D eigenvalue weighted by Crippen LogP contribution is -2.30. The summed E-state index contributed by atoms with van der Waals surface area (Å²) in [5.41, 5.74) is 2.46. The fourth-order valence-electron chi connectivity index (χ4n) is 3.26. The van der Waals surface area contributed by atoms with Crippen LogP contribution in [0.3, 0.4) is 0 Å². The minimum atomic E-state index is -0.480. The van der Waals surface area contributed by atoms with Gasteiger partial charge in [-0.15, -0.1) is 0 Å². The Balaban J connectivity index is 1.54. The Morgan fingerprint density at radius 3 is 2.41 bits per heavy atom. The van der Waals surface area contributed by atoms with Gasteiger partial charge in [0.25, 0.3) is 5.91 Å². The molecule has 7 heteroatoms. The van der Waals surface area contributed by atoms with Crippen molar-refractivity contribution in [1.29, 1.82) is 0 Å². The Morgan fingerprint density at radius 1 is 0.938 bits per heavy atom. The van der Waals surface area contributed by atoms with Crippen LogP contribution < -0.4 is 19.7 Å². The molecule has 162 valence electrons. The number of nitrogens with one attached hydrogen (secondary N) is 1. The van der Waals surface area contributed by atoms with Crippen LogP contribution in [-0.4, -0.2) is 18.5 Å². The molecular weight excluding hydrogens is 472 g/mol. The third-order valence-corrected chi connectivity index (χ3v) is 5.31. The number of nitrogens with zero attached hydrogens (tertiary/aromatic N) is 1. The number of urea groups is 1. The molecule has 6 nitrogen and oxygen atoms in total. The van der Waals surface area contributed by atoms with Crippen LogP contribution in [0.25, 0.3) is 6.08 Å². The molecular formula is C25H21BrN2O4. The summed E-state index contributed by atoms with van der Waals surface area (Å²) in [5.74, 6) is 0.759. The number of para-hydroxylation sites is 1. The Kier molecular flexibility index (Phi) is 6.56. The number of benzene rings is 3. The quantitative estimate of drug-likeness (QED) is 0.348. The third-order valence-electron chi connectivity index (χ3n) is 4.78. The van der Waals surface area contributed by atoms with Gasteiger partial charge in [0.1, 0.15) is 12.3 Å². The van der Waals surface area contributed by atoms with E-state index in [2.05, 4.69) is 21.2 Å². The molecule has 0 radical (unpaired) electrons. The molecule has 32 heavy (non-hydrogen) atoms. The van der Waals surface area contributed by atoms with Crippen LogP contribution in [0.4, 0.5) is 10.5 Å². The van der Waals surface area contributed by atoms with E-state index >= 15 is 0 Å². The maximum Gasteiger partial charge on any atom is 0.333 e. The molecule has 1 aliphatic rings. The molecule has 3 aromatic rings. The molecule has 3 amide bonds. The van der Waals surface area contributed by atoms with Crippen molar-refractivity contribution in [3.8, 4) is 11.5 Å². The second-order valence-corrected chi connectivity index (χ2v) is 7.93. The minimum absolute atomic E-state index is 0.199. The summed E-state index contributed by atoms with van der Waals surface area (Å²) < 4.78 is 12.7. The van der Waals surface area contributed by atoms with E-state index in [1.54, 1.807) is 42.5 Å². The Labute approximate surface area is 194 Å². The SMILES string of the molecule is CCOc1cc(C=C2NC(=O)N(c3ccccc3)C2=O)ccc1OCc1ccc(Br)cc1. The first-order chi connectivity index (χ1) is 15.5. The average molecular weight is 493 g/mol. The van der Waals surface area contributed by atoms with E-state index in [0.717, 1.165) is 14.9 Å². The zero-order valence-electron chi connectivity index (χ0n) is 17.4. The van der Waals surface area contributed by atoms with Gasteiger partial charge in [-0.3, -0.25) is 4.79 Å². The molecule has 3 aromatic carbocycles. The predicted octanol–water partition coefficient (Wildman–Crippen LogP) is 5.52. The summed E-state index contributed by atoms with van der Waals surface area (Å²) in [4.78, 5) is 26.3. The zero-order chi connectivity index (χ0) is 22.5. The first kappa shape index (κ1) is 21.6. The van der Waals surface area contributed by atoms with Gasteiger partial charge >= 0.3 is 6.03 Å². The highest BCUT2D eigenvalue weighted by Crippen LogP contribution is 2.31. The summed E-state index contributed by atoms with van der Waals surface area (Å²) in [6, 6.07) is 21.6. The van der Waals surface area contributed by atoms with E-state index in [9.17, 15) is 9.59 Å². The molecule has 1 heterocycles. The van der Waals surface area contributed by atoms with Gasteiger partial charge in [0, 0.05) is 4.47 Å². The number of anilines is 1.